The molecule has 3 aliphatic heterocycles. The number of hydrogen-bond donors (Lipinski definition) is 0. The highest BCUT2D eigenvalue weighted by molar-refractivity contribution is 8.01. The summed E-state index contributed by atoms with van der Waals surface area (Å²) in [6.45, 7) is 6.89. The van der Waals surface area contributed by atoms with Gasteiger partial charge in [-0.1, -0.05) is 6.92 Å². The van der Waals surface area contributed by atoms with Gasteiger partial charge in [0.1, 0.15) is 0 Å². The summed E-state index contributed by atoms with van der Waals surface area (Å²) in [6, 6.07) is 0. The van der Waals surface area contributed by atoms with Gasteiger partial charge >= 0.3 is 0 Å². The van der Waals surface area contributed by atoms with E-state index in [1.807, 2.05) is 0 Å². The van der Waals surface area contributed by atoms with Crippen LogP contribution in [0, 0.1) is 5.41 Å². The molecule has 0 N–H and O–H groups in total. The minimum absolute atomic E-state index is 0.402. The van der Waals surface area contributed by atoms with Crippen LogP contribution in [0.25, 0.3) is 0 Å². The summed E-state index contributed by atoms with van der Waals surface area (Å²) in [5.41, 5.74) is 0.402. The zero-order valence-electron chi connectivity index (χ0n) is 18.5. The van der Waals surface area contributed by atoms with Crippen LogP contribution in [0.5, 0.6) is 0 Å². The van der Waals surface area contributed by atoms with Crippen LogP contribution in [0.3, 0.4) is 0 Å². The minimum atomic E-state index is 0.402. The van der Waals surface area contributed by atoms with Crippen molar-refractivity contribution in [2.75, 3.05) is 79.1 Å². The van der Waals surface area contributed by atoms with E-state index in [0.29, 0.717) is 23.7 Å². The average molecular weight is 497 g/mol. The van der Waals surface area contributed by atoms with Gasteiger partial charge in [-0.15, -0.1) is 0 Å². The van der Waals surface area contributed by atoms with E-state index >= 15 is 0 Å². The zero-order chi connectivity index (χ0) is 20.9. The first-order chi connectivity index (χ1) is 14.8. The Labute approximate surface area is 200 Å². The van der Waals surface area contributed by atoms with Crippen LogP contribution in [0.4, 0.5) is 0 Å². The molecule has 3 aliphatic rings. The number of rotatable bonds is 21. The van der Waals surface area contributed by atoms with E-state index in [0.717, 1.165) is 56.7 Å². The van der Waals surface area contributed by atoms with Gasteiger partial charge in [0.2, 0.25) is 0 Å². The fraction of sp³-hybridized carbons (Fsp3) is 1.00. The van der Waals surface area contributed by atoms with Crippen LogP contribution in [-0.2, 0) is 18.9 Å². The predicted octanol–water partition coefficient (Wildman–Crippen LogP) is 4.70. The quantitative estimate of drug-likeness (QED) is 0.167. The Bertz CT molecular complexity index is 427. The Morgan fingerprint density at radius 2 is 1.40 bits per heavy atom. The van der Waals surface area contributed by atoms with Crippen molar-refractivity contribution in [1.82, 2.24) is 0 Å². The highest BCUT2D eigenvalue weighted by Crippen LogP contribution is 2.38. The molecule has 0 radical (unpaired) electrons. The van der Waals surface area contributed by atoms with Gasteiger partial charge in [0, 0.05) is 54.3 Å². The lowest BCUT2D eigenvalue weighted by Crippen LogP contribution is -2.34. The van der Waals surface area contributed by atoms with Gasteiger partial charge in [0.05, 0.1) is 31.5 Å². The van der Waals surface area contributed by atoms with E-state index in [-0.39, 0.29) is 0 Å². The Balaban J connectivity index is 1.41. The lowest BCUT2D eigenvalue weighted by molar-refractivity contribution is -0.0343. The van der Waals surface area contributed by atoms with E-state index in [1.165, 1.54) is 48.0 Å². The number of ether oxygens (including phenoxy) is 4. The van der Waals surface area contributed by atoms with Crippen molar-refractivity contribution in [1.29, 1.82) is 0 Å². The molecular formula is C22H40O4S4. The van der Waals surface area contributed by atoms with Crippen LogP contribution in [0.15, 0.2) is 0 Å². The summed E-state index contributed by atoms with van der Waals surface area (Å²) < 4.78 is 22.2. The van der Waals surface area contributed by atoms with E-state index in [4.69, 9.17) is 18.9 Å². The average Bonchev–Trinajstić information content (AvgIpc) is 3.61. The Hall–Kier alpha value is 1.24. The molecule has 3 atom stereocenters. The van der Waals surface area contributed by atoms with E-state index < -0.39 is 0 Å². The third-order valence-electron chi connectivity index (χ3n) is 5.44. The molecule has 3 saturated heterocycles. The van der Waals surface area contributed by atoms with Gasteiger partial charge in [0.25, 0.3) is 0 Å². The maximum atomic E-state index is 5.66. The first-order valence-electron chi connectivity index (χ1n) is 11.5. The van der Waals surface area contributed by atoms with Crippen LogP contribution in [-0.4, -0.2) is 97.4 Å². The molecule has 0 aromatic rings. The molecule has 3 unspecified atom stereocenters. The Morgan fingerprint density at radius 1 is 0.800 bits per heavy atom. The SMILES string of the molecule is CCCOCCCSCCC(CSCC1CCO1)(CSCC1CO1)CSCC1CO1. The van der Waals surface area contributed by atoms with Gasteiger partial charge in [-0.05, 0) is 42.6 Å². The normalized spacial score (nSPS) is 26.9. The second kappa shape index (κ2) is 15.2. The second-order valence-corrected chi connectivity index (χ2v) is 12.9. The van der Waals surface area contributed by atoms with Crippen molar-refractivity contribution < 1.29 is 18.9 Å². The molecule has 0 aromatic heterocycles. The summed E-state index contributed by atoms with van der Waals surface area (Å²) in [7, 11) is 0. The molecule has 0 aromatic carbocycles. The predicted molar refractivity (Wildman–Crippen MR) is 136 cm³/mol. The summed E-state index contributed by atoms with van der Waals surface area (Å²) in [5, 5.41) is 0. The van der Waals surface area contributed by atoms with Crippen molar-refractivity contribution in [3.63, 3.8) is 0 Å². The molecule has 176 valence electrons. The molecule has 0 aliphatic carbocycles. The fourth-order valence-electron chi connectivity index (χ4n) is 3.21. The van der Waals surface area contributed by atoms with Gasteiger partial charge in [-0.25, -0.2) is 0 Å². The molecular weight excluding hydrogens is 457 g/mol. The third kappa shape index (κ3) is 11.4. The summed E-state index contributed by atoms with van der Waals surface area (Å²) >= 11 is 8.48. The standard InChI is InChI=1S/C22H40O4S4/c1-2-6-23-7-3-9-27-10-5-22(17-29-14-20-11-25-20,18-30-15-21-12-26-21)16-28-13-19-4-8-24-19/h19-21H,2-18H2,1H3. The van der Waals surface area contributed by atoms with Crippen LogP contribution in [0.2, 0.25) is 0 Å². The maximum absolute atomic E-state index is 5.66. The molecule has 0 spiro atoms. The number of epoxide rings is 2. The van der Waals surface area contributed by atoms with Gasteiger partial charge < -0.3 is 18.9 Å². The van der Waals surface area contributed by atoms with Crippen molar-refractivity contribution in [3.8, 4) is 0 Å². The zero-order valence-corrected chi connectivity index (χ0v) is 21.8. The number of thioether (sulfide) groups is 4. The first kappa shape index (κ1) is 25.9. The largest absolute Gasteiger partial charge is 0.381 e. The first-order valence-corrected chi connectivity index (χ1v) is 16.1. The highest BCUT2D eigenvalue weighted by atomic mass is 32.2. The van der Waals surface area contributed by atoms with Gasteiger partial charge in [0.15, 0.2) is 0 Å². The smallest absolute Gasteiger partial charge is 0.0900 e. The Kier molecular flexibility index (Phi) is 13.1. The van der Waals surface area contributed by atoms with E-state index in [9.17, 15) is 0 Å². The molecule has 4 nitrogen and oxygen atoms in total. The second-order valence-electron chi connectivity index (χ2n) is 8.57. The molecule has 3 heterocycles. The summed E-state index contributed by atoms with van der Waals surface area (Å²) in [4.78, 5) is 0. The maximum Gasteiger partial charge on any atom is 0.0900 e. The molecule has 8 heteroatoms. The Morgan fingerprint density at radius 3 is 1.90 bits per heavy atom. The lowest BCUT2D eigenvalue weighted by Gasteiger charge is -2.35. The molecule has 0 amide bonds. The fourth-order valence-corrected chi connectivity index (χ4v) is 8.83. The summed E-state index contributed by atoms with van der Waals surface area (Å²) in [6.07, 6.45) is 6.40. The summed E-state index contributed by atoms with van der Waals surface area (Å²) in [5.74, 6) is 9.73. The molecule has 0 bridgehead atoms. The van der Waals surface area contributed by atoms with Gasteiger partial charge in [-0.3, -0.25) is 0 Å². The molecule has 0 saturated carbocycles. The number of hydrogen-bond acceptors (Lipinski definition) is 8. The van der Waals surface area contributed by atoms with Crippen molar-refractivity contribution in [3.05, 3.63) is 0 Å². The topological polar surface area (TPSA) is 43.5 Å². The highest BCUT2D eigenvalue weighted by Gasteiger charge is 2.33. The van der Waals surface area contributed by atoms with Gasteiger partial charge in [-0.2, -0.15) is 47.0 Å². The van der Waals surface area contributed by atoms with Crippen molar-refractivity contribution in [2.45, 2.75) is 50.9 Å². The minimum Gasteiger partial charge on any atom is -0.381 e. The van der Waals surface area contributed by atoms with Crippen molar-refractivity contribution in [2.24, 2.45) is 5.41 Å². The van der Waals surface area contributed by atoms with Crippen molar-refractivity contribution >= 4 is 47.0 Å². The van der Waals surface area contributed by atoms with E-state index in [1.54, 1.807) is 0 Å². The molecule has 3 rings (SSSR count). The van der Waals surface area contributed by atoms with E-state index in [2.05, 4.69) is 54.0 Å². The molecule has 30 heavy (non-hydrogen) atoms. The third-order valence-corrected chi connectivity index (χ3v) is 10.8. The lowest BCUT2D eigenvalue weighted by atomic mass is 9.92. The van der Waals surface area contributed by atoms with Crippen LogP contribution in [0.1, 0.15) is 32.6 Å². The van der Waals surface area contributed by atoms with Crippen LogP contribution >= 0.6 is 47.0 Å². The van der Waals surface area contributed by atoms with Crippen LogP contribution < -0.4 is 0 Å². The monoisotopic (exact) mass is 496 g/mol. The molecule has 3 fully saturated rings.